The molecule has 35 heavy (non-hydrogen) atoms. The summed E-state index contributed by atoms with van der Waals surface area (Å²) in [6.07, 6.45) is 0. The molecule has 4 aromatic rings. The van der Waals surface area contributed by atoms with Crippen molar-refractivity contribution in [1.29, 1.82) is 0 Å². The van der Waals surface area contributed by atoms with Gasteiger partial charge < -0.3 is 0 Å². The van der Waals surface area contributed by atoms with Gasteiger partial charge in [-0.15, -0.1) is 0 Å². The second kappa shape index (κ2) is 7.25. The number of halogens is 2. The Morgan fingerprint density at radius 1 is 0.514 bits per heavy atom. The molecule has 2 amide bonds. The van der Waals surface area contributed by atoms with Gasteiger partial charge in [-0.3, -0.25) is 9.59 Å². The van der Waals surface area contributed by atoms with Crippen molar-refractivity contribution in [2.75, 3.05) is 4.90 Å². The van der Waals surface area contributed by atoms with Crippen molar-refractivity contribution in [2.45, 2.75) is 8.65 Å². The molecule has 2 atom stereocenters. The molecule has 0 saturated carbocycles. The van der Waals surface area contributed by atoms with E-state index in [0.717, 1.165) is 33.4 Å². The quantitative estimate of drug-likeness (QED) is 0.193. The predicted octanol–water partition coefficient (Wildman–Crippen LogP) is 6.76. The lowest BCUT2D eigenvalue weighted by atomic mass is 9.54. The third-order valence-corrected chi connectivity index (χ3v) is 10.5. The zero-order chi connectivity index (χ0) is 23.9. The van der Waals surface area contributed by atoms with Gasteiger partial charge in [-0.1, -0.05) is 123 Å². The Labute approximate surface area is 220 Å². The van der Waals surface area contributed by atoms with Crippen LogP contribution in [0, 0.1) is 11.8 Å². The predicted molar refractivity (Wildman–Crippen MR) is 144 cm³/mol. The fraction of sp³-hybridized carbons (Fsp3) is 0.133. The first-order valence-corrected chi connectivity index (χ1v) is 13.2. The van der Waals surface area contributed by atoms with Gasteiger partial charge >= 0.3 is 0 Å². The SMILES string of the molecule is O=C1[C@H]2[C@H](C(=O)N1c1ccc(-c3ccccc3)cc1)C1(Br)c3ccccc3C2(Br)c2ccccc21. The number of imide groups is 1. The number of carbonyl (C=O) groups is 2. The highest BCUT2D eigenvalue weighted by Crippen LogP contribution is 2.70. The molecule has 4 aliphatic rings. The minimum absolute atomic E-state index is 0.169. The molecule has 0 unspecified atom stereocenters. The average Bonchev–Trinajstić information content (AvgIpc) is 3.19. The van der Waals surface area contributed by atoms with E-state index >= 15 is 0 Å². The van der Waals surface area contributed by atoms with E-state index in [9.17, 15) is 9.59 Å². The summed E-state index contributed by atoms with van der Waals surface area (Å²) in [6, 6.07) is 34.0. The highest BCUT2D eigenvalue weighted by molar-refractivity contribution is 9.10. The number of benzene rings is 4. The number of alkyl halides is 2. The Morgan fingerprint density at radius 3 is 1.31 bits per heavy atom. The van der Waals surface area contributed by atoms with E-state index in [1.165, 1.54) is 4.90 Å². The van der Waals surface area contributed by atoms with Crippen molar-refractivity contribution in [1.82, 2.24) is 0 Å². The van der Waals surface area contributed by atoms with Crippen LogP contribution in [0.25, 0.3) is 11.1 Å². The Kier molecular flexibility index (Phi) is 4.41. The van der Waals surface area contributed by atoms with Gasteiger partial charge in [0.1, 0.15) is 0 Å². The van der Waals surface area contributed by atoms with Crippen molar-refractivity contribution >= 4 is 49.4 Å². The van der Waals surface area contributed by atoms with Crippen molar-refractivity contribution in [3.8, 4) is 11.1 Å². The van der Waals surface area contributed by atoms with Gasteiger partial charge in [0.05, 0.1) is 26.2 Å². The zero-order valence-corrected chi connectivity index (χ0v) is 21.7. The Balaban J connectivity index is 1.39. The summed E-state index contributed by atoms with van der Waals surface area (Å²) in [6.45, 7) is 0. The molecule has 1 saturated heterocycles. The van der Waals surface area contributed by atoms with Gasteiger partial charge in [-0.25, -0.2) is 4.90 Å². The van der Waals surface area contributed by atoms with Crippen molar-refractivity contribution < 1.29 is 9.59 Å². The van der Waals surface area contributed by atoms with Crippen molar-refractivity contribution in [3.05, 3.63) is 125 Å². The van der Waals surface area contributed by atoms with Gasteiger partial charge in [0.15, 0.2) is 0 Å². The number of rotatable bonds is 2. The highest BCUT2D eigenvalue weighted by Gasteiger charge is 2.72. The number of anilines is 1. The third-order valence-electron chi connectivity index (χ3n) is 7.82. The molecule has 5 heteroatoms. The molecule has 1 heterocycles. The van der Waals surface area contributed by atoms with Gasteiger partial charge in [-0.2, -0.15) is 0 Å². The second-order valence-corrected chi connectivity index (χ2v) is 11.9. The lowest BCUT2D eigenvalue weighted by Gasteiger charge is -2.55. The van der Waals surface area contributed by atoms with Gasteiger partial charge in [-0.05, 0) is 45.5 Å². The molecule has 1 fully saturated rings. The topological polar surface area (TPSA) is 37.4 Å². The molecule has 4 aromatic carbocycles. The van der Waals surface area contributed by atoms with E-state index in [2.05, 4.69) is 56.1 Å². The fourth-order valence-corrected chi connectivity index (χ4v) is 8.66. The molecule has 3 aliphatic carbocycles. The number of hydrogen-bond donors (Lipinski definition) is 0. The summed E-state index contributed by atoms with van der Waals surface area (Å²) in [5.74, 6) is -1.46. The van der Waals surface area contributed by atoms with Gasteiger partial charge in [0, 0.05) is 0 Å². The summed E-state index contributed by atoms with van der Waals surface area (Å²) < 4.78 is -1.54. The van der Waals surface area contributed by atoms with Crippen molar-refractivity contribution in [3.63, 3.8) is 0 Å². The third kappa shape index (κ3) is 2.55. The summed E-state index contributed by atoms with van der Waals surface area (Å²) in [5.41, 5.74) is 6.90. The highest BCUT2D eigenvalue weighted by atomic mass is 79.9. The maximum atomic E-state index is 14.1. The molecule has 1 aliphatic heterocycles. The smallest absolute Gasteiger partial charge is 0.239 e. The minimum Gasteiger partial charge on any atom is -0.274 e. The van der Waals surface area contributed by atoms with Crippen LogP contribution < -0.4 is 4.90 Å². The summed E-state index contributed by atoms with van der Waals surface area (Å²) in [7, 11) is 0. The van der Waals surface area contributed by atoms with Crippen LogP contribution in [-0.2, 0) is 18.2 Å². The fourth-order valence-electron chi connectivity index (χ4n) is 6.36. The maximum Gasteiger partial charge on any atom is 0.239 e. The summed E-state index contributed by atoms with van der Waals surface area (Å²) >= 11 is 8.10. The van der Waals surface area contributed by atoms with E-state index in [1.54, 1.807) is 0 Å². The van der Waals surface area contributed by atoms with E-state index in [0.29, 0.717) is 5.69 Å². The van der Waals surface area contributed by atoms with Gasteiger partial charge in [0.25, 0.3) is 0 Å². The van der Waals surface area contributed by atoms with E-state index in [-0.39, 0.29) is 11.8 Å². The molecule has 0 spiro atoms. The lowest BCUT2D eigenvalue weighted by molar-refractivity contribution is -0.122. The van der Waals surface area contributed by atoms with Crippen LogP contribution in [0.3, 0.4) is 0 Å². The van der Waals surface area contributed by atoms with E-state index in [4.69, 9.17) is 0 Å². The molecule has 0 N–H and O–H groups in total. The first-order chi connectivity index (χ1) is 17.0. The lowest BCUT2D eigenvalue weighted by Crippen LogP contribution is -2.56. The minimum atomic E-state index is -0.772. The molecular formula is C30H19Br2NO2. The Hall–Kier alpha value is -3.02. The number of carbonyl (C=O) groups excluding carboxylic acids is 2. The van der Waals surface area contributed by atoms with Crippen LogP contribution in [0.1, 0.15) is 22.3 Å². The normalized spacial score (nSPS) is 28.0. The monoisotopic (exact) mass is 583 g/mol. The van der Waals surface area contributed by atoms with Crippen molar-refractivity contribution in [2.24, 2.45) is 11.8 Å². The Morgan fingerprint density at radius 2 is 0.886 bits per heavy atom. The van der Waals surface area contributed by atoms with Crippen LogP contribution in [0.5, 0.6) is 0 Å². The number of amides is 2. The molecule has 2 bridgehead atoms. The maximum absolute atomic E-state index is 14.1. The molecule has 0 aromatic heterocycles. The van der Waals surface area contributed by atoms with Gasteiger partial charge in [0.2, 0.25) is 11.8 Å². The Bertz CT molecular complexity index is 1410. The largest absolute Gasteiger partial charge is 0.274 e. The van der Waals surface area contributed by atoms with E-state index < -0.39 is 20.5 Å². The van der Waals surface area contributed by atoms with Crippen LogP contribution >= 0.6 is 31.9 Å². The first-order valence-electron chi connectivity index (χ1n) is 11.6. The van der Waals surface area contributed by atoms with Crippen LogP contribution in [0.15, 0.2) is 103 Å². The molecule has 3 nitrogen and oxygen atoms in total. The number of nitrogens with zero attached hydrogens (tertiary/aromatic N) is 1. The molecular weight excluding hydrogens is 566 g/mol. The summed E-state index contributed by atoms with van der Waals surface area (Å²) in [4.78, 5) is 29.6. The molecule has 8 rings (SSSR count). The first kappa shape index (κ1) is 21.3. The van der Waals surface area contributed by atoms with E-state index in [1.807, 2.05) is 78.9 Å². The second-order valence-electron chi connectivity index (χ2n) is 9.39. The van der Waals surface area contributed by atoms with Crippen LogP contribution in [-0.4, -0.2) is 11.8 Å². The molecule has 170 valence electrons. The van der Waals surface area contributed by atoms with Crippen LogP contribution in [0.2, 0.25) is 0 Å². The van der Waals surface area contributed by atoms with Crippen LogP contribution in [0.4, 0.5) is 5.69 Å². The zero-order valence-electron chi connectivity index (χ0n) is 18.5. The average molecular weight is 585 g/mol. The number of hydrogen-bond acceptors (Lipinski definition) is 2. The standard InChI is InChI=1S/C30H19Br2NO2/c31-29-21-10-4-5-11-22(21)30(32,24-13-7-6-12-23(24)29)26-25(29)27(34)33(28(26)35)20-16-14-19(15-17-20)18-8-2-1-3-9-18/h1-17,25-26H/t25-,26-,29?,30?/m1/s1. The summed E-state index contributed by atoms with van der Waals surface area (Å²) in [5, 5.41) is 0. The molecule has 0 radical (unpaired) electrons.